The molecule has 106 valence electrons. The molecule has 1 aromatic heterocycles. The predicted octanol–water partition coefficient (Wildman–Crippen LogP) is 0.632. The number of nitriles is 1. The number of hydrogen-bond donors (Lipinski definition) is 3. The molecule has 1 saturated carbocycles. The number of nitrogens with one attached hydrogen (secondary N) is 1. The van der Waals surface area contributed by atoms with E-state index in [0.29, 0.717) is 22.7 Å². The summed E-state index contributed by atoms with van der Waals surface area (Å²) >= 11 is 1.30. The van der Waals surface area contributed by atoms with Gasteiger partial charge in [0, 0.05) is 25.2 Å². The molecule has 5 N–H and O–H groups in total. The zero-order valence-electron chi connectivity index (χ0n) is 11.1. The van der Waals surface area contributed by atoms with Crippen LogP contribution in [0.25, 0.3) is 0 Å². The first-order chi connectivity index (χ1) is 9.60. The van der Waals surface area contributed by atoms with Crippen LogP contribution >= 0.6 is 11.3 Å². The van der Waals surface area contributed by atoms with Crippen LogP contribution in [0.4, 0.5) is 10.7 Å². The van der Waals surface area contributed by atoms with Crippen LogP contribution in [-0.2, 0) is 0 Å². The minimum atomic E-state index is -0.166. The first-order valence-corrected chi connectivity index (χ1v) is 7.55. The van der Waals surface area contributed by atoms with E-state index >= 15 is 0 Å². The lowest BCUT2D eigenvalue weighted by Crippen LogP contribution is -2.26. The lowest BCUT2D eigenvalue weighted by atomic mass is 10.2. The number of thiophene rings is 1. The highest BCUT2D eigenvalue weighted by Gasteiger charge is 2.30. The van der Waals surface area contributed by atoms with E-state index in [1.165, 1.54) is 11.3 Å². The molecule has 2 heterocycles. The van der Waals surface area contributed by atoms with Crippen molar-refractivity contribution in [2.45, 2.75) is 31.3 Å². The Kier molecular flexibility index (Phi) is 3.28. The Morgan fingerprint density at radius 3 is 2.75 bits per heavy atom. The Balaban J connectivity index is 1.90. The monoisotopic (exact) mass is 291 g/mol. The molecule has 3 rings (SSSR count). The molecule has 0 bridgehead atoms. The van der Waals surface area contributed by atoms with Crippen LogP contribution in [0.1, 0.15) is 34.5 Å². The van der Waals surface area contributed by atoms with Crippen molar-refractivity contribution in [1.29, 1.82) is 5.26 Å². The first kappa shape index (κ1) is 13.2. The summed E-state index contributed by atoms with van der Waals surface area (Å²) < 4.78 is 0. The molecule has 20 heavy (non-hydrogen) atoms. The average molecular weight is 291 g/mol. The summed E-state index contributed by atoms with van der Waals surface area (Å²) in [6, 6.07) is 2.52. The molecule has 0 radical (unpaired) electrons. The summed E-state index contributed by atoms with van der Waals surface area (Å²) in [5.41, 5.74) is 12.6. The standard InChI is InChI=1S/C13H17N5OS/c14-5-9-10(16)11(12(19)17-8-1-2-8)20-13(9)18-4-3-7(15)6-18/h7-8H,1-4,6,15-16H2,(H,17,19). The smallest absolute Gasteiger partial charge is 0.263 e. The minimum Gasteiger partial charge on any atom is -0.396 e. The number of hydrogen-bond acceptors (Lipinski definition) is 6. The van der Waals surface area contributed by atoms with E-state index in [4.69, 9.17) is 11.5 Å². The highest BCUT2D eigenvalue weighted by molar-refractivity contribution is 7.19. The number of rotatable bonds is 3. The third-order valence-electron chi connectivity index (χ3n) is 3.67. The van der Waals surface area contributed by atoms with Crippen molar-refractivity contribution < 1.29 is 4.79 Å². The van der Waals surface area contributed by atoms with E-state index in [1.54, 1.807) is 0 Å². The van der Waals surface area contributed by atoms with Gasteiger partial charge >= 0.3 is 0 Å². The second kappa shape index (κ2) is 4.96. The summed E-state index contributed by atoms with van der Waals surface area (Å²) in [6.07, 6.45) is 2.94. The molecular weight excluding hydrogens is 274 g/mol. The van der Waals surface area contributed by atoms with Crippen molar-refractivity contribution in [2.75, 3.05) is 23.7 Å². The van der Waals surface area contributed by atoms with Crippen molar-refractivity contribution in [3.63, 3.8) is 0 Å². The molecule has 6 nitrogen and oxygen atoms in total. The molecule has 0 spiro atoms. The van der Waals surface area contributed by atoms with Gasteiger partial charge in [-0.15, -0.1) is 11.3 Å². The summed E-state index contributed by atoms with van der Waals surface area (Å²) in [6.45, 7) is 1.51. The summed E-state index contributed by atoms with van der Waals surface area (Å²) in [5, 5.41) is 13.0. The largest absolute Gasteiger partial charge is 0.396 e. The molecule has 7 heteroatoms. The van der Waals surface area contributed by atoms with Gasteiger partial charge < -0.3 is 21.7 Å². The van der Waals surface area contributed by atoms with E-state index in [2.05, 4.69) is 16.3 Å². The van der Waals surface area contributed by atoms with Crippen LogP contribution in [0.15, 0.2) is 0 Å². The highest BCUT2D eigenvalue weighted by atomic mass is 32.1. The van der Waals surface area contributed by atoms with E-state index in [-0.39, 0.29) is 18.0 Å². The van der Waals surface area contributed by atoms with E-state index < -0.39 is 0 Å². The number of nitrogens with two attached hydrogens (primary N) is 2. The lowest BCUT2D eigenvalue weighted by Gasteiger charge is -2.15. The Morgan fingerprint density at radius 2 is 2.20 bits per heavy atom. The zero-order valence-corrected chi connectivity index (χ0v) is 11.9. The Hall–Kier alpha value is -1.78. The average Bonchev–Trinajstić information content (AvgIpc) is 3.01. The highest BCUT2D eigenvalue weighted by Crippen LogP contribution is 2.39. The molecule has 2 aliphatic rings. The Bertz CT molecular complexity index is 586. The van der Waals surface area contributed by atoms with Crippen LogP contribution in [-0.4, -0.2) is 31.1 Å². The predicted molar refractivity (Wildman–Crippen MR) is 78.7 cm³/mol. The van der Waals surface area contributed by atoms with Gasteiger partial charge in [-0.05, 0) is 19.3 Å². The van der Waals surface area contributed by atoms with Crippen LogP contribution in [0, 0.1) is 11.3 Å². The summed E-state index contributed by atoms with van der Waals surface area (Å²) in [4.78, 5) is 14.6. The van der Waals surface area contributed by atoms with Gasteiger partial charge in [0.25, 0.3) is 5.91 Å². The van der Waals surface area contributed by atoms with Gasteiger partial charge in [-0.3, -0.25) is 4.79 Å². The van der Waals surface area contributed by atoms with Gasteiger partial charge in [-0.25, -0.2) is 0 Å². The van der Waals surface area contributed by atoms with Gasteiger partial charge in [0.1, 0.15) is 21.5 Å². The van der Waals surface area contributed by atoms with Crippen LogP contribution in [0.3, 0.4) is 0 Å². The summed E-state index contributed by atoms with van der Waals surface area (Å²) in [5.74, 6) is -0.166. The summed E-state index contributed by atoms with van der Waals surface area (Å²) in [7, 11) is 0. The number of carbonyl (C=O) groups excluding carboxylic acids is 1. The fourth-order valence-electron chi connectivity index (χ4n) is 2.38. The zero-order chi connectivity index (χ0) is 14.3. The van der Waals surface area contributed by atoms with Crippen molar-refractivity contribution in [3.8, 4) is 6.07 Å². The molecule has 2 fully saturated rings. The van der Waals surface area contributed by atoms with Gasteiger partial charge in [0.2, 0.25) is 0 Å². The number of amides is 1. The third kappa shape index (κ3) is 2.32. The maximum atomic E-state index is 12.1. The minimum absolute atomic E-state index is 0.119. The SMILES string of the molecule is N#Cc1c(N2CCC(N)C2)sc(C(=O)NC2CC2)c1N. The number of nitrogen functional groups attached to an aromatic ring is 1. The van der Waals surface area contributed by atoms with Crippen molar-refractivity contribution in [1.82, 2.24) is 5.32 Å². The van der Waals surface area contributed by atoms with Gasteiger partial charge in [0.15, 0.2) is 0 Å². The van der Waals surface area contributed by atoms with Crippen molar-refractivity contribution in [2.24, 2.45) is 5.73 Å². The maximum Gasteiger partial charge on any atom is 0.263 e. The van der Waals surface area contributed by atoms with Gasteiger partial charge in [-0.2, -0.15) is 5.26 Å². The van der Waals surface area contributed by atoms with Gasteiger partial charge in [-0.1, -0.05) is 0 Å². The molecule has 1 amide bonds. The quantitative estimate of drug-likeness (QED) is 0.757. The second-order valence-corrected chi connectivity index (χ2v) is 6.38. The first-order valence-electron chi connectivity index (χ1n) is 6.74. The van der Waals surface area contributed by atoms with Gasteiger partial charge in [0.05, 0.1) is 5.69 Å². The van der Waals surface area contributed by atoms with E-state index in [9.17, 15) is 10.1 Å². The Labute approximate surface area is 121 Å². The maximum absolute atomic E-state index is 12.1. The van der Waals surface area contributed by atoms with E-state index in [0.717, 1.165) is 30.8 Å². The number of nitrogens with zero attached hydrogens (tertiary/aromatic N) is 2. The molecule has 1 atom stereocenters. The normalized spacial score (nSPS) is 21.8. The third-order valence-corrected chi connectivity index (χ3v) is 4.93. The molecule has 1 saturated heterocycles. The molecule has 0 aromatic carbocycles. The Morgan fingerprint density at radius 1 is 1.45 bits per heavy atom. The molecule has 1 aromatic rings. The number of anilines is 2. The van der Waals surface area contributed by atoms with Crippen LogP contribution in [0.5, 0.6) is 0 Å². The van der Waals surface area contributed by atoms with Crippen molar-refractivity contribution in [3.05, 3.63) is 10.4 Å². The fraction of sp³-hybridized carbons (Fsp3) is 0.538. The van der Waals surface area contributed by atoms with Crippen LogP contribution < -0.4 is 21.7 Å². The molecule has 1 aliphatic carbocycles. The molecule has 1 unspecified atom stereocenters. The number of carbonyl (C=O) groups is 1. The van der Waals surface area contributed by atoms with E-state index in [1.807, 2.05) is 0 Å². The lowest BCUT2D eigenvalue weighted by molar-refractivity contribution is 0.0956. The molecule has 1 aliphatic heterocycles. The second-order valence-electron chi connectivity index (χ2n) is 5.38. The topological polar surface area (TPSA) is 108 Å². The fourth-order valence-corrected chi connectivity index (χ4v) is 3.49. The molecular formula is C13H17N5OS. The van der Waals surface area contributed by atoms with Crippen LogP contribution in [0.2, 0.25) is 0 Å². The van der Waals surface area contributed by atoms with Crippen molar-refractivity contribution >= 4 is 27.9 Å².